The molecule has 40 heavy (non-hydrogen) atoms. The summed E-state index contributed by atoms with van der Waals surface area (Å²) < 4.78 is 11.1. The standard InChI is InChI=1S/C28H34N4O8/c1-27(2,3)39-25(35)23-20(21(14-19-15-22(33)31(19)23)29-26(36)40-28(4,5)6)12-16-10-11-30(24(16)34)17-8-7-9-18(13-17)32(37)38/h7-9,12-13,19,21H,10-11,14-15H2,1-6H3,(H,29,36)/b16-12+/t19-,21?/m1/s1. The van der Waals surface area contributed by atoms with Gasteiger partial charge in [0.15, 0.2) is 0 Å². The van der Waals surface area contributed by atoms with Gasteiger partial charge in [-0.25, -0.2) is 9.59 Å². The molecule has 3 aliphatic rings. The third kappa shape index (κ3) is 6.16. The van der Waals surface area contributed by atoms with Crippen LogP contribution in [0.3, 0.4) is 0 Å². The molecule has 0 saturated carbocycles. The minimum Gasteiger partial charge on any atom is -0.455 e. The van der Waals surface area contributed by atoms with E-state index in [1.165, 1.54) is 34.1 Å². The predicted octanol–water partition coefficient (Wildman–Crippen LogP) is 3.75. The molecule has 12 heteroatoms. The molecule has 214 valence electrons. The van der Waals surface area contributed by atoms with Gasteiger partial charge in [0.25, 0.3) is 11.6 Å². The van der Waals surface area contributed by atoms with Crippen molar-refractivity contribution < 1.29 is 33.6 Å². The number of β-lactam (4-membered cyclic amide) rings is 1. The lowest BCUT2D eigenvalue weighted by Gasteiger charge is -2.47. The molecule has 1 aromatic rings. The topological polar surface area (TPSA) is 148 Å². The summed E-state index contributed by atoms with van der Waals surface area (Å²) in [5.41, 5.74) is -0.827. The Labute approximate surface area is 232 Å². The zero-order chi connectivity index (χ0) is 29.6. The first-order valence-electron chi connectivity index (χ1n) is 13.1. The quantitative estimate of drug-likeness (QED) is 0.190. The highest BCUT2D eigenvalue weighted by Gasteiger charge is 2.49. The summed E-state index contributed by atoms with van der Waals surface area (Å²) in [5, 5.41) is 14.1. The average Bonchev–Trinajstić information content (AvgIpc) is 3.17. The molecule has 12 nitrogen and oxygen atoms in total. The fraction of sp³-hybridized carbons (Fsp3) is 0.500. The second-order valence-electron chi connectivity index (χ2n) is 12.0. The number of carbonyl (C=O) groups is 4. The number of hydrogen-bond acceptors (Lipinski definition) is 8. The molecule has 3 aliphatic heterocycles. The van der Waals surface area contributed by atoms with E-state index in [2.05, 4.69) is 5.32 Å². The van der Waals surface area contributed by atoms with Crippen LogP contribution in [0, 0.1) is 10.1 Å². The molecule has 2 fully saturated rings. The molecule has 2 saturated heterocycles. The number of nitrogens with one attached hydrogen (secondary N) is 1. The number of carbonyl (C=O) groups excluding carboxylic acids is 4. The third-order valence-electron chi connectivity index (χ3n) is 6.53. The molecule has 3 heterocycles. The summed E-state index contributed by atoms with van der Waals surface area (Å²) in [7, 11) is 0. The highest BCUT2D eigenvalue weighted by Crippen LogP contribution is 2.39. The molecule has 2 atom stereocenters. The number of hydrogen-bond donors (Lipinski definition) is 1. The number of amides is 3. The highest BCUT2D eigenvalue weighted by atomic mass is 16.6. The predicted molar refractivity (Wildman–Crippen MR) is 144 cm³/mol. The van der Waals surface area contributed by atoms with Crippen molar-refractivity contribution in [3.63, 3.8) is 0 Å². The third-order valence-corrected chi connectivity index (χ3v) is 6.53. The number of esters is 1. The second-order valence-corrected chi connectivity index (χ2v) is 12.0. The number of nitro benzene ring substituents is 1. The van der Waals surface area contributed by atoms with Crippen LogP contribution < -0.4 is 10.2 Å². The molecule has 0 bridgehead atoms. The minimum atomic E-state index is -0.862. The van der Waals surface area contributed by atoms with Crippen molar-refractivity contribution in [3.8, 4) is 0 Å². The van der Waals surface area contributed by atoms with Crippen molar-refractivity contribution in [1.29, 1.82) is 0 Å². The Kier molecular flexibility index (Phi) is 7.48. The smallest absolute Gasteiger partial charge is 0.408 e. The summed E-state index contributed by atoms with van der Waals surface area (Å²) in [5.74, 6) is -1.40. The van der Waals surface area contributed by atoms with Crippen molar-refractivity contribution >= 4 is 35.3 Å². The number of fused-ring (bicyclic) bond motifs is 1. The van der Waals surface area contributed by atoms with E-state index in [1.807, 2.05) is 0 Å². The fourth-order valence-corrected chi connectivity index (χ4v) is 4.94. The van der Waals surface area contributed by atoms with E-state index >= 15 is 0 Å². The van der Waals surface area contributed by atoms with Gasteiger partial charge in [0, 0.05) is 42.3 Å². The van der Waals surface area contributed by atoms with E-state index in [0.29, 0.717) is 17.7 Å². The Morgan fingerprint density at radius 2 is 1.77 bits per heavy atom. The molecule has 3 amide bonds. The van der Waals surface area contributed by atoms with Gasteiger partial charge in [-0.2, -0.15) is 0 Å². The first-order chi connectivity index (χ1) is 18.5. The molecule has 0 aromatic heterocycles. The highest BCUT2D eigenvalue weighted by molar-refractivity contribution is 6.09. The molecule has 4 rings (SSSR count). The van der Waals surface area contributed by atoms with E-state index in [9.17, 15) is 29.3 Å². The lowest BCUT2D eigenvalue weighted by atomic mass is 9.83. The lowest BCUT2D eigenvalue weighted by molar-refractivity contribution is -0.384. The first kappa shape index (κ1) is 28.8. The molecule has 1 N–H and O–H groups in total. The van der Waals surface area contributed by atoms with Crippen LogP contribution in [-0.4, -0.2) is 63.5 Å². The Hall–Kier alpha value is -4.22. The van der Waals surface area contributed by atoms with Gasteiger partial charge in [-0.3, -0.25) is 19.7 Å². The minimum absolute atomic E-state index is 0.0161. The van der Waals surface area contributed by atoms with Gasteiger partial charge >= 0.3 is 12.1 Å². The Bertz CT molecular complexity index is 1330. The van der Waals surface area contributed by atoms with E-state index in [4.69, 9.17) is 9.47 Å². The van der Waals surface area contributed by atoms with Crippen molar-refractivity contribution in [2.75, 3.05) is 11.4 Å². The number of non-ortho nitro benzene ring substituents is 1. The maximum Gasteiger partial charge on any atom is 0.408 e. The van der Waals surface area contributed by atoms with Crippen LogP contribution in [0.1, 0.15) is 60.8 Å². The largest absolute Gasteiger partial charge is 0.455 e. The van der Waals surface area contributed by atoms with Crippen LogP contribution in [0.15, 0.2) is 47.2 Å². The molecule has 0 radical (unpaired) electrons. The SMILES string of the molecule is CC(C)(C)OC(=O)NC1C[C@@H]2CC(=O)N2C(C(=O)OC(C)(C)C)=C1/C=C1\CCN(c2cccc([N+](=O)[O-])c2)C1=O. The van der Waals surface area contributed by atoms with Crippen molar-refractivity contribution in [1.82, 2.24) is 10.2 Å². The van der Waals surface area contributed by atoms with Gasteiger partial charge in [0.1, 0.15) is 16.9 Å². The maximum absolute atomic E-state index is 13.5. The van der Waals surface area contributed by atoms with E-state index in [-0.39, 0.29) is 48.3 Å². The molecule has 1 unspecified atom stereocenters. The Morgan fingerprint density at radius 1 is 1.10 bits per heavy atom. The van der Waals surface area contributed by atoms with Gasteiger partial charge in [0.05, 0.1) is 16.7 Å². The number of nitrogens with zero attached hydrogens (tertiary/aromatic N) is 3. The summed E-state index contributed by atoms with van der Waals surface area (Å²) >= 11 is 0. The van der Waals surface area contributed by atoms with Gasteiger partial charge < -0.3 is 24.6 Å². The van der Waals surface area contributed by atoms with Crippen molar-refractivity contribution in [3.05, 3.63) is 57.3 Å². The second kappa shape index (κ2) is 10.4. The monoisotopic (exact) mass is 554 g/mol. The van der Waals surface area contributed by atoms with Crippen LogP contribution in [-0.2, 0) is 23.9 Å². The summed E-state index contributed by atoms with van der Waals surface area (Å²) in [6, 6.07) is 4.72. The van der Waals surface area contributed by atoms with Crippen LogP contribution in [0.5, 0.6) is 0 Å². The summed E-state index contributed by atoms with van der Waals surface area (Å²) in [6.45, 7) is 10.6. The lowest BCUT2D eigenvalue weighted by Crippen LogP contribution is -2.60. The number of ether oxygens (including phenoxy) is 2. The summed E-state index contributed by atoms with van der Waals surface area (Å²) in [6.07, 6.45) is 1.64. The van der Waals surface area contributed by atoms with E-state index < -0.39 is 40.1 Å². The van der Waals surface area contributed by atoms with Gasteiger partial charge in [-0.1, -0.05) is 6.07 Å². The number of anilines is 1. The number of rotatable bonds is 5. The summed E-state index contributed by atoms with van der Waals surface area (Å²) in [4.78, 5) is 65.8. The molecule has 1 aromatic carbocycles. The van der Waals surface area contributed by atoms with E-state index in [1.54, 1.807) is 47.6 Å². The van der Waals surface area contributed by atoms with Crippen LogP contribution in [0.2, 0.25) is 0 Å². The zero-order valence-corrected chi connectivity index (χ0v) is 23.5. The number of alkyl carbamates (subject to hydrolysis) is 1. The first-order valence-corrected chi connectivity index (χ1v) is 13.1. The van der Waals surface area contributed by atoms with Crippen LogP contribution in [0.4, 0.5) is 16.2 Å². The molecule has 0 spiro atoms. The zero-order valence-electron chi connectivity index (χ0n) is 23.5. The normalized spacial score (nSPS) is 22.2. The number of benzene rings is 1. The van der Waals surface area contributed by atoms with Gasteiger partial charge in [0.2, 0.25) is 5.91 Å². The molecular weight excluding hydrogens is 520 g/mol. The van der Waals surface area contributed by atoms with Crippen LogP contribution in [0.25, 0.3) is 0 Å². The molecular formula is C28H34N4O8. The average molecular weight is 555 g/mol. The fourth-order valence-electron chi connectivity index (χ4n) is 4.94. The Morgan fingerprint density at radius 3 is 2.38 bits per heavy atom. The van der Waals surface area contributed by atoms with E-state index in [0.717, 1.165) is 0 Å². The van der Waals surface area contributed by atoms with Crippen LogP contribution >= 0.6 is 0 Å². The maximum atomic E-state index is 13.5. The van der Waals surface area contributed by atoms with Crippen molar-refractivity contribution in [2.45, 2.75) is 84.1 Å². The Balaban J connectivity index is 1.76. The van der Waals surface area contributed by atoms with Gasteiger partial charge in [-0.05, 0) is 66.5 Å². The molecule has 0 aliphatic carbocycles. The van der Waals surface area contributed by atoms with Gasteiger partial charge in [-0.15, -0.1) is 0 Å². The number of nitro groups is 1. The van der Waals surface area contributed by atoms with Crippen molar-refractivity contribution in [2.24, 2.45) is 0 Å².